The van der Waals surface area contributed by atoms with Crippen LogP contribution in [-0.4, -0.2) is 33.0 Å². The van der Waals surface area contributed by atoms with Gasteiger partial charge in [-0.2, -0.15) is 0 Å². The Hall–Kier alpha value is -0.390. The molecule has 0 aromatic carbocycles. The Labute approximate surface area is 120 Å². The Morgan fingerprint density at radius 1 is 1.53 bits per heavy atom. The maximum absolute atomic E-state index is 11.6. The van der Waals surface area contributed by atoms with Gasteiger partial charge in [-0.1, -0.05) is 13.0 Å². The molecule has 108 valence electrons. The fraction of sp³-hybridized carbons (Fsp3) is 0.714. The zero-order chi connectivity index (χ0) is 13.7. The van der Waals surface area contributed by atoms with E-state index in [0.717, 1.165) is 32.4 Å². The largest absolute Gasteiger partial charge is 0.317 e. The average Bonchev–Trinajstić information content (AvgIpc) is 2.99. The molecule has 1 aromatic heterocycles. The summed E-state index contributed by atoms with van der Waals surface area (Å²) in [6.07, 6.45) is 3.01. The molecule has 1 aromatic rings. The highest BCUT2D eigenvalue weighted by molar-refractivity contribution is 7.91. The molecule has 19 heavy (non-hydrogen) atoms. The lowest BCUT2D eigenvalue weighted by Crippen LogP contribution is -2.29. The van der Waals surface area contributed by atoms with Crippen LogP contribution in [0.5, 0.6) is 0 Å². The molecular formula is C14H23NO2S2. The predicted octanol–water partition coefficient (Wildman–Crippen LogP) is 2.34. The van der Waals surface area contributed by atoms with Crippen molar-refractivity contribution in [2.45, 2.75) is 26.2 Å². The molecule has 1 aliphatic rings. The van der Waals surface area contributed by atoms with Gasteiger partial charge >= 0.3 is 0 Å². The van der Waals surface area contributed by atoms with Gasteiger partial charge < -0.3 is 5.32 Å². The normalized spacial score (nSPS) is 23.5. The number of sulfone groups is 1. The Bertz CT molecular complexity index is 468. The summed E-state index contributed by atoms with van der Waals surface area (Å²) < 4.78 is 23.3. The molecule has 3 nitrogen and oxygen atoms in total. The first kappa shape index (κ1) is 15.0. The van der Waals surface area contributed by atoms with Crippen LogP contribution in [-0.2, 0) is 16.3 Å². The summed E-state index contributed by atoms with van der Waals surface area (Å²) in [6.45, 7) is 4.00. The predicted molar refractivity (Wildman–Crippen MR) is 81.4 cm³/mol. The van der Waals surface area contributed by atoms with Gasteiger partial charge in [0.15, 0.2) is 9.84 Å². The molecule has 0 amide bonds. The third kappa shape index (κ3) is 4.58. The van der Waals surface area contributed by atoms with Gasteiger partial charge in [-0.3, -0.25) is 0 Å². The molecule has 0 aliphatic carbocycles. The summed E-state index contributed by atoms with van der Waals surface area (Å²) in [5, 5.41) is 5.50. The fourth-order valence-corrected chi connectivity index (χ4v) is 5.46. The minimum Gasteiger partial charge on any atom is -0.317 e. The van der Waals surface area contributed by atoms with Crippen molar-refractivity contribution >= 4 is 21.2 Å². The van der Waals surface area contributed by atoms with Crippen LogP contribution in [0.3, 0.4) is 0 Å². The molecule has 1 N–H and O–H groups in total. The van der Waals surface area contributed by atoms with E-state index in [9.17, 15) is 8.42 Å². The number of aryl methyl sites for hydroxylation is 1. The first-order valence-corrected chi connectivity index (χ1v) is 9.74. The molecule has 0 spiro atoms. The van der Waals surface area contributed by atoms with Gasteiger partial charge in [-0.25, -0.2) is 8.42 Å². The number of thiophene rings is 1. The second-order valence-electron chi connectivity index (χ2n) is 5.35. The minimum atomic E-state index is -2.76. The van der Waals surface area contributed by atoms with E-state index in [1.165, 1.54) is 4.88 Å². The summed E-state index contributed by atoms with van der Waals surface area (Å²) in [5.41, 5.74) is 0. The van der Waals surface area contributed by atoms with Crippen molar-refractivity contribution in [3.05, 3.63) is 22.4 Å². The van der Waals surface area contributed by atoms with Crippen LogP contribution < -0.4 is 5.32 Å². The number of hydrogen-bond donors (Lipinski definition) is 1. The Morgan fingerprint density at radius 2 is 2.37 bits per heavy atom. The summed E-state index contributed by atoms with van der Waals surface area (Å²) in [4.78, 5) is 1.40. The molecule has 1 fully saturated rings. The minimum absolute atomic E-state index is 0.351. The highest BCUT2D eigenvalue weighted by atomic mass is 32.2. The average molecular weight is 301 g/mol. The second-order valence-corrected chi connectivity index (χ2v) is 8.61. The first-order chi connectivity index (χ1) is 9.11. The molecule has 0 bridgehead atoms. The van der Waals surface area contributed by atoms with Crippen LogP contribution in [0, 0.1) is 11.8 Å². The lowest BCUT2D eigenvalue weighted by Gasteiger charge is -2.22. The summed E-state index contributed by atoms with van der Waals surface area (Å²) >= 11 is 1.79. The van der Waals surface area contributed by atoms with Crippen LogP contribution in [0.2, 0.25) is 0 Å². The molecule has 2 rings (SSSR count). The third-order valence-electron chi connectivity index (χ3n) is 3.93. The van der Waals surface area contributed by atoms with Crippen molar-refractivity contribution in [3.8, 4) is 0 Å². The van der Waals surface area contributed by atoms with Crippen LogP contribution in [0.15, 0.2) is 17.5 Å². The molecular weight excluding hydrogens is 278 g/mol. The third-order valence-corrected chi connectivity index (χ3v) is 6.66. The van der Waals surface area contributed by atoms with Crippen LogP contribution >= 0.6 is 11.3 Å². The molecule has 2 heterocycles. The van der Waals surface area contributed by atoms with Gasteiger partial charge in [0.2, 0.25) is 0 Å². The quantitative estimate of drug-likeness (QED) is 0.841. The summed E-state index contributed by atoms with van der Waals surface area (Å²) in [7, 11) is -2.76. The van der Waals surface area contributed by atoms with Crippen molar-refractivity contribution in [1.29, 1.82) is 0 Å². The van der Waals surface area contributed by atoms with Crippen molar-refractivity contribution in [1.82, 2.24) is 5.32 Å². The number of rotatable bonds is 7. The standard InChI is InChI=1S/C14H23NO2S2/c1-2-15-10-12(5-6-14-4-3-8-18-14)13-7-9-19(16,17)11-13/h3-4,8,12-13,15H,2,5-7,9-11H2,1H3. The molecule has 0 saturated carbocycles. The summed E-state index contributed by atoms with van der Waals surface area (Å²) in [6, 6.07) is 4.25. The van der Waals surface area contributed by atoms with Gasteiger partial charge in [-0.15, -0.1) is 11.3 Å². The smallest absolute Gasteiger partial charge is 0.150 e. The van der Waals surface area contributed by atoms with Crippen molar-refractivity contribution in [2.75, 3.05) is 24.6 Å². The fourth-order valence-electron chi connectivity index (χ4n) is 2.81. The van der Waals surface area contributed by atoms with Crippen molar-refractivity contribution in [2.24, 2.45) is 11.8 Å². The van der Waals surface area contributed by atoms with E-state index in [0.29, 0.717) is 23.3 Å². The van der Waals surface area contributed by atoms with Gasteiger partial charge in [0.25, 0.3) is 0 Å². The van der Waals surface area contributed by atoms with Crippen LogP contribution in [0.1, 0.15) is 24.6 Å². The highest BCUT2D eigenvalue weighted by Gasteiger charge is 2.33. The second kappa shape index (κ2) is 6.86. The van der Waals surface area contributed by atoms with Gasteiger partial charge in [-0.05, 0) is 55.6 Å². The maximum atomic E-state index is 11.6. The Morgan fingerprint density at radius 3 is 2.95 bits per heavy atom. The zero-order valence-electron chi connectivity index (χ0n) is 11.5. The monoisotopic (exact) mass is 301 g/mol. The van der Waals surface area contributed by atoms with Crippen molar-refractivity contribution < 1.29 is 8.42 Å². The molecule has 5 heteroatoms. The van der Waals surface area contributed by atoms with E-state index in [1.54, 1.807) is 11.3 Å². The van der Waals surface area contributed by atoms with E-state index in [2.05, 4.69) is 29.8 Å². The number of nitrogens with one attached hydrogen (secondary N) is 1. The molecule has 0 radical (unpaired) electrons. The lowest BCUT2D eigenvalue weighted by atomic mass is 9.87. The van der Waals surface area contributed by atoms with Gasteiger partial charge in [0, 0.05) is 4.88 Å². The molecule has 2 unspecified atom stereocenters. The van der Waals surface area contributed by atoms with Crippen LogP contribution in [0.25, 0.3) is 0 Å². The molecule has 2 atom stereocenters. The van der Waals surface area contributed by atoms with E-state index in [-0.39, 0.29) is 0 Å². The van der Waals surface area contributed by atoms with Gasteiger partial charge in [0.1, 0.15) is 0 Å². The highest BCUT2D eigenvalue weighted by Crippen LogP contribution is 2.29. The van der Waals surface area contributed by atoms with Crippen molar-refractivity contribution in [3.63, 3.8) is 0 Å². The summed E-state index contributed by atoms with van der Waals surface area (Å²) in [5.74, 6) is 1.62. The zero-order valence-corrected chi connectivity index (χ0v) is 13.1. The lowest BCUT2D eigenvalue weighted by molar-refractivity contribution is 0.328. The van der Waals surface area contributed by atoms with E-state index in [4.69, 9.17) is 0 Å². The van der Waals surface area contributed by atoms with Crippen LogP contribution in [0.4, 0.5) is 0 Å². The molecule has 1 aliphatic heterocycles. The van der Waals surface area contributed by atoms with E-state index < -0.39 is 9.84 Å². The topological polar surface area (TPSA) is 46.2 Å². The molecule has 1 saturated heterocycles. The maximum Gasteiger partial charge on any atom is 0.150 e. The SMILES string of the molecule is CCNCC(CCc1cccs1)C1CCS(=O)(=O)C1. The first-order valence-electron chi connectivity index (χ1n) is 7.04. The Kier molecular flexibility index (Phi) is 5.42. The number of hydrogen-bond acceptors (Lipinski definition) is 4. The van der Waals surface area contributed by atoms with E-state index >= 15 is 0 Å². The Balaban J connectivity index is 1.91. The van der Waals surface area contributed by atoms with Gasteiger partial charge in [0.05, 0.1) is 11.5 Å². The van der Waals surface area contributed by atoms with E-state index in [1.807, 2.05) is 0 Å².